The Balaban J connectivity index is 1.49. The van der Waals surface area contributed by atoms with Gasteiger partial charge in [-0.2, -0.15) is 5.26 Å². The zero-order valence-electron chi connectivity index (χ0n) is 13.4. The third-order valence-electron chi connectivity index (χ3n) is 5.03. The Bertz CT molecular complexity index is 784. The first-order chi connectivity index (χ1) is 11.7. The fraction of sp³-hybridized carbons (Fsp3) is 0.421. The number of ether oxygens (including phenoxy) is 1. The molecule has 0 bridgehead atoms. The molecular weight excluding hydrogens is 302 g/mol. The number of aliphatic imine (C=N–C) groups is 1. The molecule has 1 amide bonds. The van der Waals surface area contributed by atoms with Crippen LogP contribution in [0.1, 0.15) is 36.8 Å². The molecule has 1 saturated carbocycles. The van der Waals surface area contributed by atoms with Crippen molar-refractivity contribution in [1.29, 1.82) is 5.26 Å². The molecule has 0 spiro atoms. The summed E-state index contributed by atoms with van der Waals surface area (Å²) in [7, 11) is 0. The maximum atomic E-state index is 12.8. The van der Waals surface area contributed by atoms with E-state index >= 15 is 0 Å². The van der Waals surface area contributed by atoms with Gasteiger partial charge in [-0.15, -0.1) is 0 Å². The number of nitrogens with one attached hydrogen (secondary N) is 1. The second-order valence-electron chi connectivity index (χ2n) is 6.63. The van der Waals surface area contributed by atoms with Gasteiger partial charge in [0.25, 0.3) is 0 Å². The van der Waals surface area contributed by atoms with Crippen LogP contribution in [0, 0.1) is 11.3 Å². The van der Waals surface area contributed by atoms with E-state index in [1.165, 1.54) is 11.8 Å². The van der Waals surface area contributed by atoms with E-state index in [1.54, 1.807) is 0 Å². The van der Waals surface area contributed by atoms with Gasteiger partial charge in [-0.1, -0.05) is 18.2 Å². The first-order valence-corrected chi connectivity index (χ1v) is 8.42. The lowest BCUT2D eigenvalue weighted by Gasteiger charge is -2.23. The molecule has 3 aliphatic rings. The van der Waals surface area contributed by atoms with Gasteiger partial charge in [0.1, 0.15) is 18.0 Å². The lowest BCUT2D eigenvalue weighted by atomic mass is 9.91. The molecule has 1 aromatic rings. The van der Waals surface area contributed by atoms with Crippen molar-refractivity contribution in [2.75, 3.05) is 6.61 Å². The first kappa shape index (κ1) is 14.9. The quantitative estimate of drug-likeness (QED) is 0.929. The summed E-state index contributed by atoms with van der Waals surface area (Å²) >= 11 is 0. The van der Waals surface area contributed by atoms with Crippen LogP contribution in [-0.4, -0.2) is 24.9 Å². The van der Waals surface area contributed by atoms with E-state index in [-0.39, 0.29) is 12.1 Å². The Morgan fingerprint density at radius 2 is 2.29 bits per heavy atom. The minimum atomic E-state index is -0.415. The number of nitriles is 1. The van der Waals surface area contributed by atoms with Crippen LogP contribution in [0.4, 0.5) is 0 Å². The van der Waals surface area contributed by atoms with Gasteiger partial charge in [-0.25, -0.2) is 0 Å². The minimum absolute atomic E-state index is 0.0372. The largest absolute Gasteiger partial charge is 0.493 e. The van der Waals surface area contributed by atoms with Crippen molar-refractivity contribution >= 4 is 12.1 Å². The topological polar surface area (TPSA) is 74.5 Å². The number of amides is 1. The molecule has 122 valence electrons. The molecule has 4 rings (SSSR count). The lowest BCUT2D eigenvalue weighted by Crippen LogP contribution is -2.41. The summed E-state index contributed by atoms with van der Waals surface area (Å²) in [5, 5.41) is 11.9. The van der Waals surface area contributed by atoms with Gasteiger partial charge in [0, 0.05) is 12.6 Å². The highest BCUT2D eigenvalue weighted by Gasteiger charge is 2.51. The Morgan fingerprint density at radius 1 is 1.42 bits per heavy atom. The van der Waals surface area contributed by atoms with E-state index in [4.69, 9.17) is 10.00 Å². The summed E-state index contributed by atoms with van der Waals surface area (Å²) < 4.78 is 5.66. The molecule has 5 heteroatoms. The van der Waals surface area contributed by atoms with E-state index in [1.807, 2.05) is 18.2 Å². The zero-order valence-corrected chi connectivity index (χ0v) is 13.4. The van der Waals surface area contributed by atoms with Gasteiger partial charge in [-0.3, -0.25) is 9.79 Å². The number of carbonyl (C=O) groups is 1. The molecule has 1 unspecified atom stereocenters. The molecule has 0 radical (unpaired) electrons. The second-order valence-corrected chi connectivity index (χ2v) is 6.63. The average Bonchev–Trinajstić information content (AvgIpc) is 3.44. The van der Waals surface area contributed by atoms with Crippen LogP contribution in [0.5, 0.6) is 5.75 Å². The summed E-state index contributed by atoms with van der Waals surface area (Å²) in [5.74, 6) is 0.988. The molecule has 1 atom stereocenters. The maximum absolute atomic E-state index is 12.8. The van der Waals surface area contributed by atoms with Crippen LogP contribution in [0.15, 0.2) is 34.8 Å². The van der Waals surface area contributed by atoms with Crippen LogP contribution >= 0.6 is 0 Å². The SMILES string of the molecule is N#CC1=CCC(NC(=O)C2(c3ccc4c(c3)CCCO4)CC2)N=C1. The average molecular weight is 321 g/mol. The Kier molecular flexibility index (Phi) is 3.61. The predicted octanol–water partition coefficient (Wildman–Crippen LogP) is 2.41. The molecule has 1 fully saturated rings. The van der Waals surface area contributed by atoms with Crippen LogP contribution in [0.3, 0.4) is 0 Å². The van der Waals surface area contributed by atoms with Gasteiger partial charge in [0.05, 0.1) is 17.6 Å². The number of dihydropyridines is 1. The molecule has 1 N–H and O–H groups in total. The van der Waals surface area contributed by atoms with E-state index in [2.05, 4.69) is 22.4 Å². The van der Waals surface area contributed by atoms with Gasteiger partial charge in [0.2, 0.25) is 5.91 Å². The highest BCUT2D eigenvalue weighted by molar-refractivity contribution is 5.92. The third kappa shape index (κ3) is 2.58. The van der Waals surface area contributed by atoms with Crippen molar-refractivity contribution in [2.45, 2.75) is 43.7 Å². The molecule has 0 aromatic heterocycles. The minimum Gasteiger partial charge on any atom is -0.493 e. The van der Waals surface area contributed by atoms with Crippen LogP contribution < -0.4 is 10.1 Å². The number of carbonyl (C=O) groups excluding carboxylic acids is 1. The first-order valence-electron chi connectivity index (χ1n) is 8.42. The summed E-state index contributed by atoms with van der Waals surface area (Å²) in [6.07, 6.45) is 7.42. The lowest BCUT2D eigenvalue weighted by molar-refractivity contribution is -0.124. The van der Waals surface area contributed by atoms with Gasteiger partial charge in [-0.05, 0) is 42.9 Å². The molecule has 1 aliphatic carbocycles. The van der Waals surface area contributed by atoms with Gasteiger partial charge >= 0.3 is 0 Å². The Hall–Kier alpha value is -2.61. The Morgan fingerprint density at radius 3 is 3.00 bits per heavy atom. The van der Waals surface area contributed by atoms with Gasteiger partial charge in [0.15, 0.2) is 0 Å². The monoisotopic (exact) mass is 321 g/mol. The van der Waals surface area contributed by atoms with Crippen LogP contribution in [0.2, 0.25) is 0 Å². The number of allylic oxidation sites excluding steroid dienone is 1. The molecule has 1 aromatic carbocycles. The van der Waals surface area contributed by atoms with E-state index in [0.717, 1.165) is 43.6 Å². The number of aryl methyl sites for hydroxylation is 1. The normalized spacial score (nSPS) is 23.3. The second kappa shape index (κ2) is 5.79. The number of benzene rings is 1. The molecule has 24 heavy (non-hydrogen) atoms. The van der Waals surface area contributed by atoms with E-state index in [0.29, 0.717) is 12.0 Å². The standard InChI is InChI=1S/C19H19N3O2/c20-11-13-3-6-17(21-12-13)22-18(23)19(7-8-19)15-4-5-16-14(10-15)2-1-9-24-16/h3-5,10,12,17H,1-2,6-9H2,(H,22,23). The maximum Gasteiger partial charge on any atom is 0.232 e. The molecule has 0 saturated heterocycles. The van der Waals surface area contributed by atoms with E-state index in [9.17, 15) is 4.79 Å². The van der Waals surface area contributed by atoms with Crippen molar-refractivity contribution in [3.63, 3.8) is 0 Å². The van der Waals surface area contributed by atoms with E-state index < -0.39 is 5.41 Å². The number of fused-ring (bicyclic) bond motifs is 1. The Labute approximate surface area is 141 Å². The highest BCUT2D eigenvalue weighted by atomic mass is 16.5. The predicted molar refractivity (Wildman–Crippen MR) is 89.9 cm³/mol. The third-order valence-corrected chi connectivity index (χ3v) is 5.03. The molecule has 5 nitrogen and oxygen atoms in total. The number of hydrogen-bond donors (Lipinski definition) is 1. The smallest absolute Gasteiger partial charge is 0.232 e. The van der Waals surface area contributed by atoms with Crippen molar-refractivity contribution in [1.82, 2.24) is 5.32 Å². The van der Waals surface area contributed by atoms with Crippen molar-refractivity contribution in [3.05, 3.63) is 41.0 Å². The fourth-order valence-electron chi connectivity index (χ4n) is 3.41. The summed E-state index contributed by atoms with van der Waals surface area (Å²) in [6, 6.07) is 8.22. The van der Waals surface area contributed by atoms with Crippen LogP contribution in [-0.2, 0) is 16.6 Å². The summed E-state index contributed by atoms with van der Waals surface area (Å²) in [6.45, 7) is 0.774. The van der Waals surface area contributed by atoms with Crippen molar-refractivity contribution < 1.29 is 9.53 Å². The number of nitrogens with zero attached hydrogens (tertiary/aromatic N) is 2. The zero-order chi connectivity index (χ0) is 16.6. The van der Waals surface area contributed by atoms with Gasteiger partial charge < -0.3 is 10.1 Å². The fourth-order valence-corrected chi connectivity index (χ4v) is 3.41. The number of rotatable bonds is 3. The summed E-state index contributed by atoms with van der Waals surface area (Å²) in [5.41, 5.74) is 2.42. The van der Waals surface area contributed by atoms with Crippen molar-refractivity contribution in [3.8, 4) is 11.8 Å². The molecular formula is C19H19N3O2. The van der Waals surface area contributed by atoms with Crippen LogP contribution in [0.25, 0.3) is 0 Å². The summed E-state index contributed by atoms with van der Waals surface area (Å²) in [4.78, 5) is 17.1. The molecule has 2 heterocycles. The highest BCUT2D eigenvalue weighted by Crippen LogP contribution is 2.49. The van der Waals surface area contributed by atoms with Crippen molar-refractivity contribution in [2.24, 2.45) is 4.99 Å². The number of hydrogen-bond acceptors (Lipinski definition) is 4. The molecule has 2 aliphatic heterocycles.